The van der Waals surface area contributed by atoms with Crippen molar-refractivity contribution in [3.63, 3.8) is 0 Å². The molecule has 0 bridgehead atoms. The van der Waals surface area contributed by atoms with E-state index < -0.39 is 0 Å². The summed E-state index contributed by atoms with van der Waals surface area (Å²) in [6.45, 7) is 5.31. The van der Waals surface area contributed by atoms with Crippen molar-refractivity contribution in [3.05, 3.63) is 29.8 Å². The zero-order valence-corrected chi connectivity index (χ0v) is 14.7. The molecule has 25 heavy (non-hydrogen) atoms. The molecule has 2 N–H and O–H groups in total. The maximum atomic E-state index is 12.6. The first-order valence-corrected chi connectivity index (χ1v) is 8.82. The number of carbonyl (C=O) groups is 2. The quantitative estimate of drug-likeness (QED) is 0.860. The van der Waals surface area contributed by atoms with E-state index in [9.17, 15) is 9.59 Å². The van der Waals surface area contributed by atoms with E-state index in [-0.39, 0.29) is 11.9 Å². The largest absolute Gasteiger partial charge is 0.381 e. The number of anilines is 1. The highest BCUT2D eigenvalue weighted by Gasteiger charge is 2.21. The first-order valence-electron chi connectivity index (χ1n) is 8.82. The average Bonchev–Trinajstić information content (AvgIpc) is 3.14. The highest BCUT2D eigenvalue weighted by atomic mass is 16.5. The van der Waals surface area contributed by atoms with Crippen LogP contribution in [0.3, 0.4) is 0 Å². The number of piperazine rings is 1. The number of urea groups is 1. The predicted octanol–water partition coefficient (Wildman–Crippen LogP) is 1.23. The molecule has 1 aromatic carbocycles. The summed E-state index contributed by atoms with van der Waals surface area (Å²) >= 11 is 0. The van der Waals surface area contributed by atoms with Crippen LogP contribution in [-0.4, -0.2) is 74.7 Å². The Kier molecular flexibility index (Phi) is 5.88. The van der Waals surface area contributed by atoms with E-state index in [1.807, 2.05) is 4.90 Å². The van der Waals surface area contributed by atoms with Gasteiger partial charge in [-0.2, -0.15) is 0 Å². The fraction of sp³-hybridized carbons (Fsp3) is 0.556. The van der Waals surface area contributed by atoms with Gasteiger partial charge in [0.2, 0.25) is 0 Å². The number of rotatable bonds is 4. The van der Waals surface area contributed by atoms with Gasteiger partial charge >= 0.3 is 6.03 Å². The topological polar surface area (TPSA) is 73.9 Å². The van der Waals surface area contributed by atoms with Gasteiger partial charge in [0.25, 0.3) is 5.91 Å². The summed E-state index contributed by atoms with van der Waals surface area (Å²) in [5.74, 6) is 0.399. The number of hydrogen-bond donors (Lipinski definition) is 2. The van der Waals surface area contributed by atoms with Gasteiger partial charge in [0.15, 0.2) is 0 Å². The number of ether oxygens (including phenoxy) is 1. The van der Waals surface area contributed by atoms with Gasteiger partial charge in [0.05, 0.1) is 6.61 Å². The molecule has 7 heteroatoms. The first-order chi connectivity index (χ1) is 12.1. The number of nitrogens with one attached hydrogen (secondary N) is 2. The van der Waals surface area contributed by atoms with Crippen molar-refractivity contribution in [1.82, 2.24) is 15.1 Å². The summed E-state index contributed by atoms with van der Waals surface area (Å²) in [5.41, 5.74) is 1.23. The standard InChI is InChI=1S/C18H26N4O3/c1-21-6-8-22(9-7-21)17(23)15-3-2-4-16(11-15)20-18(24)19-12-14-5-10-25-13-14/h2-4,11,14H,5-10,12-13H2,1H3,(H2,19,20,24). The average molecular weight is 346 g/mol. The molecular weight excluding hydrogens is 320 g/mol. The van der Waals surface area contributed by atoms with Crippen LogP contribution in [-0.2, 0) is 4.74 Å². The molecule has 0 spiro atoms. The SMILES string of the molecule is CN1CCN(C(=O)c2cccc(NC(=O)NCC3CCOC3)c2)CC1. The normalized spacial score (nSPS) is 21.2. The molecule has 2 aliphatic rings. The molecule has 0 aliphatic carbocycles. The van der Waals surface area contributed by atoms with Crippen LogP contribution in [0, 0.1) is 5.92 Å². The van der Waals surface area contributed by atoms with Gasteiger partial charge < -0.3 is 25.2 Å². The molecule has 136 valence electrons. The van der Waals surface area contributed by atoms with Crippen molar-refractivity contribution in [2.24, 2.45) is 5.92 Å². The number of likely N-dealkylation sites (N-methyl/N-ethyl adjacent to an activating group) is 1. The van der Waals surface area contributed by atoms with Gasteiger partial charge in [-0.15, -0.1) is 0 Å². The zero-order chi connectivity index (χ0) is 17.6. The molecule has 1 aromatic rings. The van der Waals surface area contributed by atoms with Crippen molar-refractivity contribution in [2.75, 3.05) is 58.3 Å². The van der Waals surface area contributed by atoms with E-state index in [0.29, 0.717) is 30.3 Å². The Bertz CT molecular complexity index is 608. The third-order valence-electron chi connectivity index (χ3n) is 4.73. The smallest absolute Gasteiger partial charge is 0.319 e. The zero-order valence-electron chi connectivity index (χ0n) is 14.7. The lowest BCUT2D eigenvalue weighted by molar-refractivity contribution is 0.0664. The minimum absolute atomic E-state index is 0.0141. The number of carbonyl (C=O) groups excluding carboxylic acids is 2. The molecule has 1 unspecified atom stereocenters. The molecule has 7 nitrogen and oxygen atoms in total. The lowest BCUT2D eigenvalue weighted by atomic mass is 10.1. The van der Waals surface area contributed by atoms with Crippen molar-refractivity contribution in [1.29, 1.82) is 0 Å². The second-order valence-electron chi connectivity index (χ2n) is 6.74. The highest BCUT2D eigenvalue weighted by molar-refractivity contribution is 5.97. The van der Waals surface area contributed by atoms with E-state index in [0.717, 1.165) is 39.2 Å². The molecule has 2 saturated heterocycles. The Morgan fingerprint density at radius 1 is 1.24 bits per heavy atom. The fourth-order valence-corrected chi connectivity index (χ4v) is 3.08. The van der Waals surface area contributed by atoms with Crippen LogP contribution in [0.2, 0.25) is 0 Å². The molecule has 3 rings (SSSR count). The Morgan fingerprint density at radius 3 is 2.76 bits per heavy atom. The van der Waals surface area contributed by atoms with Crippen LogP contribution in [0.15, 0.2) is 24.3 Å². The first kappa shape index (κ1) is 17.7. The molecule has 1 atom stereocenters. The van der Waals surface area contributed by atoms with Crippen LogP contribution in [0.5, 0.6) is 0 Å². The van der Waals surface area contributed by atoms with Crippen molar-refractivity contribution in [3.8, 4) is 0 Å². The summed E-state index contributed by atoms with van der Waals surface area (Å²) in [4.78, 5) is 28.7. The molecule has 3 amide bonds. The Balaban J connectivity index is 1.53. The lowest BCUT2D eigenvalue weighted by Crippen LogP contribution is -2.47. The molecule has 2 fully saturated rings. The maximum Gasteiger partial charge on any atom is 0.319 e. The summed E-state index contributed by atoms with van der Waals surface area (Å²) < 4.78 is 5.30. The van der Waals surface area contributed by atoms with Crippen LogP contribution in [0.4, 0.5) is 10.5 Å². The number of amides is 3. The molecule has 0 saturated carbocycles. The van der Waals surface area contributed by atoms with Crippen LogP contribution in [0.25, 0.3) is 0 Å². The van der Waals surface area contributed by atoms with Gasteiger partial charge in [-0.05, 0) is 31.7 Å². The van der Waals surface area contributed by atoms with Crippen molar-refractivity contribution < 1.29 is 14.3 Å². The van der Waals surface area contributed by atoms with E-state index in [4.69, 9.17) is 4.74 Å². The Hall–Kier alpha value is -2.12. The van der Waals surface area contributed by atoms with Crippen molar-refractivity contribution >= 4 is 17.6 Å². The molecule has 2 heterocycles. The van der Waals surface area contributed by atoms with Gasteiger partial charge in [0, 0.05) is 56.5 Å². The van der Waals surface area contributed by atoms with Gasteiger partial charge in [0.1, 0.15) is 0 Å². The van der Waals surface area contributed by atoms with Crippen LogP contribution < -0.4 is 10.6 Å². The summed E-state index contributed by atoms with van der Waals surface area (Å²) in [7, 11) is 2.06. The number of benzene rings is 1. The van der Waals surface area contributed by atoms with E-state index in [2.05, 4.69) is 22.6 Å². The van der Waals surface area contributed by atoms with E-state index in [1.165, 1.54) is 0 Å². The Labute approximate surface area is 148 Å². The summed E-state index contributed by atoms with van der Waals surface area (Å²) in [6, 6.07) is 6.86. The third kappa shape index (κ3) is 4.93. The van der Waals surface area contributed by atoms with E-state index in [1.54, 1.807) is 24.3 Å². The Morgan fingerprint density at radius 2 is 2.04 bits per heavy atom. The molecule has 2 aliphatic heterocycles. The third-order valence-corrected chi connectivity index (χ3v) is 4.73. The lowest BCUT2D eigenvalue weighted by Gasteiger charge is -2.32. The highest BCUT2D eigenvalue weighted by Crippen LogP contribution is 2.14. The number of hydrogen-bond acceptors (Lipinski definition) is 4. The second-order valence-corrected chi connectivity index (χ2v) is 6.74. The number of nitrogens with zero attached hydrogens (tertiary/aromatic N) is 2. The van der Waals surface area contributed by atoms with Gasteiger partial charge in [-0.25, -0.2) is 4.79 Å². The predicted molar refractivity (Wildman–Crippen MR) is 95.8 cm³/mol. The molecular formula is C18H26N4O3. The van der Waals surface area contributed by atoms with Crippen molar-refractivity contribution in [2.45, 2.75) is 6.42 Å². The minimum Gasteiger partial charge on any atom is -0.381 e. The fourth-order valence-electron chi connectivity index (χ4n) is 3.08. The monoisotopic (exact) mass is 346 g/mol. The second kappa shape index (κ2) is 8.31. The van der Waals surface area contributed by atoms with Crippen LogP contribution >= 0.6 is 0 Å². The molecule has 0 aromatic heterocycles. The minimum atomic E-state index is -0.254. The maximum absolute atomic E-state index is 12.6. The molecule has 0 radical (unpaired) electrons. The summed E-state index contributed by atoms with van der Waals surface area (Å²) in [5, 5.41) is 5.66. The van der Waals surface area contributed by atoms with Gasteiger partial charge in [-0.3, -0.25) is 4.79 Å². The van der Waals surface area contributed by atoms with Gasteiger partial charge in [-0.1, -0.05) is 6.07 Å². The van der Waals surface area contributed by atoms with Crippen LogP contribution in [0.1, 0.15) is 16.8 Å². The summed E-state index contributed by atoms with van der Waals surface area (Å²) in [6.07, 6.45) is 0.981. The van der Waals surface area contributed by atoms with E-state index >= 15 is 0 Å².